The van der Waals surface area contributed by atoms with Crippen molar-refractivity contribution in [3.05, 3.63) is 70.8 Å². The molecule has 0 saturated heterocycles. The molecule has 0 aromatic heterocycles. The number of hydrogen-bond acceptors (Lipinski definition) is 0. The van der Waals surface area contributed by atoms with Crippen molar-refractivity contribution in [1.29, 1.82) is 0 Å². The first-order valence-electron chi connectivity index (χ1n) is 6.23. The molecule has 2 aromatic rings. The third-order valence-corrected chi connectivity index (χ3v) is 3.92. The van der Waals surface area contributed by atoms with Crippen LogP contribution in [0.4, 0.5) is 13.2 Å². The molecular formula is C16H14BrF3. The Morgan fingerprint density at radius 3 is 2.40 bits per heavy atom. The van der Waals surface area contributed by atoms with Crippen LogP contribution < -0.4 is 0 Å². The van der Waals surface area contributed by atoms with E-state index in [1.807, 2.05) is 31.2 Å². The van der Waals surface area contributed by atoms with Gasteiger partial charge in [-0.05, 0) is 30.5 Å². The molecule has 0 radical (unpaired) electrons. The lowest BCUT2D eigenvalue weighted by Crippen LogP contribution is -2.10. The van der Waals surface area contributed by atoms with E-state index in [4.69, 9.17) is 0 Å². The van der Waals surface area contributed by atoms with Gasteiger partial charge in [0.05, 0.1) is 5.56 Å². The van der Waals surface area contributed by atoms with Crippen LogP contribution in [0.5, 0.6) is 0 Å². The standard InChI is InChI=1S/C16H14BrF3/c1-11-5-4-6-12(9-11)10-15(17)13-7-2-3-8-14(13)16(18,19)20/h2-9,15H,10H2,1H3. The average molecular weight is 343 g/mol. The van der Waals surface area contributed by atoms with Gasteiger partial charge in [-0.2, -0.15) is 13.2 Å². The zero-order valence-corrected chi connectivity index (χ0v) is 12.5. The summed E-state index contributed by atoms with van der Waals surface area (Å²) >= 11 is 3.39. The summed E-state index contributed by atoms with van der Waals surface area (Å²) in [6, 6.07) is 13.5. The van der Waals surface area contributed by atoms with Crippen molar-refractivity contribution in [2.24, 2.45) is 0 Å². The van der Waals surface area contributed by atoms with Gasteiger partial charge in [0.15, 0.2) is 0 Å². The Hall–Kier alpha value is -1.29. The Morgan fingerprint density at radius 2 is 1.75 bits per heavy atom. The Balaban J connectivity index is 2.28. The second-order valence-electron chi connectivity index (χ2n) is 4.75. The van der Waals surface area contributed by atoms with E-state index < -0.39 is 11.7 Å². The van der Waals surface area contributed by atoms with Crippen LogP contribution in [0.1, 0.15) is 27.1 Å². The molecule has 1 unspecified atom stereocenters. The average Bonchev–Trinajstić information content (AvgIpc) is 2.37. The van der Waals surface area contributed by atoms with Crippen molar-refractivity contribution in [1.82, 2.24) is 0 Å². The number of hydrogen-bond donors (Lipinski definition) is 0. The van der Waals surface area contributed by atoms with Gasteiger partial charge in [0, 0.05) is 4.83 Å². The number of aryl methyl sites for hydroxylation is 1. The van der Waals surface area contributed by atoms with Crippen molar-refractivity contribution < 1.29 is 13.2 Å². The summed E-state index contributed by atoms with van der Waals surface area (Å²) < 4.78 is 39.0. The van der Waals surface area contributed by atoms with Crippen LogP contribution in [-0.4, -0.2) is 0 Å². The molecule has 0 aliphatic rings. The van der Waals surface area contributed by atoms with E-state index in [-0.39, 0.29) is 10.4 Å². The van der Waals surface area contributed by atoms with E-state index in [0.29, 0.717) is 6.42 Å². The lowest BCUT2D eigenvalue weighted by molar-refractivity contribution is -0.138. The monoisotopic (exact) mass is 342 g/mol. The third kappa shape index (κ3) is 3.63. The van der Waals surface area contributed by atoms with E-state index in [2.05, 4.69) is 15.9 Å². The van der Waals surface area contributed by atoms with Crippen LogP contribution >= 0.6 is 15.9 Å². The van der Waals surface area contributed by atoms with Gasteiger partial charge < -0.3 is 0 Å². The summed E-state index contributed by atoms with van der Waals surface area (Å²) in [7, 11) is 0. The van der Waals surface area contributed by atoms with E-state index >= 15 is 0 Å². The van der Waals surface area contributed by atoms with Gasteiger partial charge in [-0.25, -0.2) is 0 Å². The zero-order valence-electron chi connectivity index (χ0n) is 10.9. The maximum absolute atomic E-state index is 13.0. The summed E-state index contributed by atoms with van der Waals surface area (Å²) in [6.45, 7) is 1.97. The normalized spacial score (nSPS) is 13.2. The van der Waals surface area contributed by atoms with Crippen LogP contribution in [0.2, 0.25) is 0 Å². The third-order valence-electron chi connectivity index (χ3n) is 3.10. The zero-order chi connectivity index (χ0) is 14.8. The molecule has 0 nitrogen and oxygen atoms in total. The molecule has 0 amide bonds. The first kappa shape index (κ1) is 15.1. The fourth-order valence-corrected chi connectivity index (χ4v) is 2.96. The topological polar surface area (TPSA) is 0 Å². The summed E-state index contributed by atoms with van der Waals surface area (Å²) in [5.74, 6) is 0. The molecule has 0 aliphatic heterocycles. The molecule has 0 spiro atoms. The van der Waals surface area contributed by atoms with E-state index in [1.54, 1.807) is 6.07 Å². The largest absolute Gasteiger partial charge is 0.416 e. The van der Waals surface area contributed by atoms with Crippen molar-refractivity contribution in [3.8, 4) is 0 Å². The number of benzene rings is 2. The molecule has 0 fully saturated rings. The molecule has 0 saturated carbocycles. The molecule has 0 N–H and O–H groups in total. The second kappa shape index (κ2) is 6.00. The fourth-order valence-electron chi connectivity index (χ4n) is 2.18. The highest BCUT2D eigenvalue weighted by molar-refractivity contribution is 9.09. The highest BCUT2D eigenvalue weighted by atomic mass is 79.9. The molecule has 0 bridgehead atoms. The quantitative estimate of drug-likeness (QED) is 0.628. The summed E-state index contributed by atoms with van der Waals surface area (Å²) in [4.78, 5) is -0.359. The Kier molecular flexibility index (Phi) is 4.53. The Labute approximate surface area is 124 Å². The summed E-state index contributed by atoms with van der Waals surface area (Å²) in [5.41, 5.74) is 1.83. The van der Waals surface area contributed by atoms with Gasteiger partial charge in [-0.1, -0.05) is 64.0 Å². The van der Waals surface area contributed by atoms with Crippen molar-refractivity contribution in [3.63, 3.8) is 0 Å². The summed E-state index contributed by atoms with van der Waals surface area (Å²) in [6.07, 6.45) is -3.80. The molecule has 1 atom stereocenters. The molecule has 2 aromatic carbocycles. The van der Waals surface area contributed by atoms with Crippen LogP contribution in [0.3, 0.4) is 0 Å². The Morgan fingerprint density at radius 1 is 1.05 bits per heavy atom. The second-order valence-corrected chi connectivity index (χ2v) is 5.85. The van der Waals surface area contributed by atoms with Gasteiger partial charge in [-0.3, -0.25) is 0 Å². The maximum atomic E-state index is 13.0. The van der Waals surface area contributed by atoms with Gasteiger partial charge in [0.25, 0.3) is 0 Å². The van der Waals surface area contributed by atoms with Crippen LogP contribution in [0.25, 0.3) is 0 Å². The molecular weight excluding hydrogens is 329 g/mol. The molecule has 0 heterocycles. The minimum absolute atomic E-state index is 0.279. The fraction of sp³-hybridized carbons (Fsp3) is 0.250. The molecule has 106 valence electrons. The minimum atomic E-state index is -4.32. The molecule has 20 heavy (non-hydrogen) atoms. The first-order valence-corrected chi connectivity index (χ1v) is 7.15. The van der Waals surface area contributed by atoms with Crippen molar-refractivity contribution >= 4 is 15.9 Å². The highest BCUT2D eigenvalue weighted by Crippen LogP contribution is 2.38. The number of rotatable bonds is 3. The smallest absolute Gasteiger partial charge is 0.166 e. The highest BCUT2D eigenvalue weighted by Gasteiger charge is 2.34. The predicted octanol–water partition coefficient (Wildman–Crippen LogP) is 5.69. The van der Waals surface area contributed by atoms with Crippen LogP contribution in [-0.2, 0) is 12.6 Å². The van der Waals surface area contributed by atoms with Gasteiger partial charge in [0.2, 0.25) is 0 Å². The van der Waals surface area contributed by atoms with Crippen molar-refractivity contribution in [2.75, 3.05) is 0 Å². The van der Waals surface area contributed by atoms with Crippen LogP contribution in [0.15, 0.2) is 48.5 Å². The lowest BCUT2D eigenvalue weighted by Gasteiger charge is -2.17. The summed E-state index contributed by atoms with van der Waals surface area (Å²) in [5, 5.41) is 0. The number of halogens is 4. The van der Waals surface area contributed by atoms with E-state index in [0.717, 1.165) is 17.2 Å². The molecule has 4 heteroatoms. The number of alkyl halides is 4. The predicted molar refractivity (Wildman–Crippen MR) is 78.0 cm³/mol. The lowest BCUT2D eigenvalue weighted by atomic mass is 9.98. The maximum Gasteiger partial charge on any atom is 0.416 e. The first-order chi connectivity index (χ1) is 9.38. The van der Waals surface area contributed by atoms with Gasteiger partial charge in [0.1, 0.15) is 0 Å². The minimum Gasteiger partial charge on any atom is -0.166 e. The Bertz CT molecular complexity index is 590. The van der Waals surface area contributed by atoms with Crippen molar-refractivity contribution in [2.45, 2.75) is 24.3 Å². The van der Waals surface area contributed by atoms with E-state index in [1.165, 1.54) is 12.1 Å². The van der Waals surface area contributed by atoms with Gasteiger partial charge >= 0.3 is 6.18 Å². The molecule has 2 rings (SSSR count). The molecule has 0 aliphatic carbocycles. The SMILES string of the molecule is Cc1cccc(CC(Br)c2ccccc2C(F)(F)F)c1. The van der Waals surface area contributed by atoms with Crippen LogP contribution in [0, 0.1) is 6.92 Å². The van der Waals surface area contributed by atoms with E-state index in [9.17, 15) is 13.2 Å². The van der Waals surface area contributed by atoms with Gasteiger partial charge in [-0.15, -0.1) is 0 Å².